The van der Waals surface area contributed by atoms with Crippen LogP contribution < -0.4 is 5.32 Å². The summed E-state index contributed by atoms with van der Waals surface area (Å²) < 4.78 is 42.1. The van der Waals surface area contributed by atoms with E-state index in [1.165, 1.54) is 30.4 Å². The number of hydrogen-bond acceptors (Lipinski definition) is 4. The number of aryl methyl sites for hydroxylation is 1. The fourth-order valence-corrected chi connectivity index (χ4v) is 1.44. The number of carbonyl (C=O) groups is 2. The topological polar surface area (TPSA) is 75.6 Å². The normalized spacial score (nSPS) is 14.3. The number of amides is 1. The molecule has 0 unspecified atom stereocenters. The van der Waals surface area contributed by atoms with Crippen LogP contribution in [-0.4, -0.2) is 36.0 Å². The summed E-state index contributed by atoms with van der Waals surface area (Å²) in [6, 6.07) is 5.79. The minimum atomic E-state index is -5.42. The van der Waals surface area contributed by atoms with Gasteiger partial charge in [0.15, 0.2) is 0 Å². The van der Waals surface area contributed by atoms with Crippen molar-refractivity contribution in [1.29, 1.82) is 0 Å². The van der Waals surface area contributed by atoms with Gasteiger partial charge >= 0.3 is 17.9 Å². The van der Waals surface area contributed by atoms with E-state index < -0.39 is 23.8 Å². The Kier molecular flexibility index (Phi) is 4.39. The first-order valence-electron chi connectivity index (χ1n) is 5.39. The van der Waals surface area contributed by atoms with Crippen molar-refractivity contribution in [2.24, 2.45) is 0 Å². The summed E-state index contributed by atoms with van der Waals surface area (Å²) in [5.74, 6) is -3.26. The molecule has 0 heterocycles. The van der Waals surface area contributed by atoms with Gasteiger partial charge in [-0.25, -0.2) is 4.79 Å². The van der Waals surface area contributed by atoms with E-state index in [1.807, 2.05) is 0 Å². The number of halogens is 3. The smallest absolute Gasteiger partial charge is 0.448 e. The van der Waals surface area contributed by atoms with Crippen LogP contribution in [0.5, 0.6) is 0 Å². The minimum absolute atomic E-state index is 0.0981. The van der Waals surface area contributed by atoms with E-state index in [2.05, 4.69) is 4.74 Å². The van der Waals surface area contributed by atoms with E-state index in [0.29, 0.717) is 12.7 Å². The molecule has 0 fully saturated rings. The Balaban J connectivity index is 3.13. The second-order valence-corrected chi connectivity index (χ2v) is 3.97. The van der Waals surface area contributed by atoms with Crippen LogP contribution in [0, 0.1) is 6.92 Å². The number of nitrogens with one attached hydrogen (secondary N) is 1. The van der Waals surface area contributed by atoms with Crippen molar-refractivity contribution in [3.8, 4) is 0 Å². The number of benzene rings is 1. The minimum Gasteiger partial charge on any atom is -0.465 e. The number of esters is 1. The molecule has 0 aliphatic rings. The Hall–Kier alpha value is -2.09. The first-order chi connectivity index (χ1) is 9.13. The Morgan fingerprint density at radius 2 is 1.80 bits per heavy atom. The third-order valence-electron chi connectivity index (χ3n) is 2.58. The quantitative estimate of drug-likeness (QED) is 0.647. The summed E-state index contributed by atoms with van der Waals surface area (Å²) >= 11 is 0. The van der Waals surface area contributed by atoms with E-state index in [4.69, 9.17) is 0 Å². The van der Waals surface area contributed by atoms with Gasteiger partial charge in [-0.2, -0.15) is 13.2 Å². The lowest BCUT2D eigenvalue weighted by Crippen LogP contribution is -2.64. The van der Waals surface area contributed by atoms with E-state index in [1.54, 1.807) is 6.07 Å². The molecule has 0 bridgehead atoms. The molecule has 1 atom stereocenters. The molecular weight excluding hydrogens is 279 g/mol. The Labute approximate surface area is 112 Å². The number of methoxy groups -OCH3 is 1. The van der Waals surface area contributed by atoms with E-state index >= 15 is 0 Å². The monoisotopic (exact) mass is 291 g/mol. The van der Waals surface area contributed by atoms with Crippen LogP contribution in [0.15, 0.2) is 24.3 Å². The van der Waals surface area contributed by atoms with Crippen LogP contribution in [0.4, 0.5) is 13.2 Å². The number of hydrogen-bond donors (Lipinski definition) is 2. The first-order valence-corrected chi connectivity index (χ1v) is 5.39. The van der Waals surface area contributed by atoms with Crippen molar-refractivity contribution in [2.45, 2.75) is 18.8 Å². The molecule has 1 amide bonds. The third kappa shape index (κ3) is 2.90. The molecule has 0 spiro atoms. The molecule has 0 aliphatic heterocycles. The molecular formula is C12H12F3NO4. The standard InChI is InChI=1S/C12H12F3NO4/c1-7-5-3-4-6-8(7)9(17)16-11(19,10(18)20-2)12(13,14)15/h3-6,19H,1-2H3,(H,16,17)/t11-/m0/s1. The van der Waals surface area contributed by atoms with Gasteiger partial charge in [-0.15, -0.1) is 0 Å². The van der Waals surface area contributed by atoms with Crippen LogP contribution in [0.25, 0.3) is 0 Å². The number of alkyl halides is 3. The number of aliphatic hydroxyl groups is 1. The maximum atomic E-state index is 12.8. The summed E-state index contributed by atoms with van der Waals surface area (Å²) in [7, 11) is 0.666. The summed E-state index contributed by atoms with van der Waals surface area (Å²) in [6.45, 7) is 1.50. The lowest BCUT2D eigenvalue weighted by Gasteiger charge is -2.28. The Morgan fingerprint density at radius 3 is 2.25 bits per heavy atom. The fourth-order valence-electron chi connectivity index (χ4n) is 1.44. The molecule has 1 rings (SSSR count). The SMILES string of the molecule is COC(=O)[C@@](O)(NC(=O)c1ccccc1C)C(F)(F)F. The average Bonchev–Trinajstić information content (AvgIpc) is 2.36. The zero-order valence-electron chi connectivity index (χ0n) is 10.6. The van der Waals surface area contributed by atoms with Gasteiger partial charge in [0.2, 0.25) is 0 Å². The summed E-state index contributed by atoms with van der Waals surface area (Å²) in [4.78, 5) is 22.9. The van der Waals surface area contributed by atoms with Crippen LogP contribution >= 0.6 is 0 Å². The molecule has 0 radical (unpaired) electrons. The van der Waals surface area contributed by atoms with Crippen molar-refractivity contribution < 1.29 is 32.6 Å². The van der Waals surface area contributed by atoms with E-state index in [9.17, 15) is 27.9 Å². The number of rotatable bonds is 3. The van der Waals surface area contributed by atoms with Gasteiger partial charge in [-0.05, 0) is 18.6 Å². The van der Waals surface area contributed by atoms with Crippen molar-refractivity contribution in [2.75, 3.05) is 7.11 Å². The lowest BCUT2D eigenvalue weighted by molar-refractivity contribution is -0.268. The zero-order valence-corrected chi connectivity index (χ0v) is 10.6. The third-order valence-corrected chi connectivity index (χ3v) is 2.58. The molecule has 1 aromatic rings. The highest BCUT2D eigenvalue weighted by Gasteiger charge is 2.62. The molecule has 5 nitrogen and oxygen atoms in total. The molecule has 2 N–H and O–H groups in total. The first kappa shape index (κ1) is 16.0. The molecule has 0 aliphatic carbocycles. The second-order valence-electron chi connectivity index (χ2n) is 3.97. The predicted octanol–water partition coefficient (Wildman–Crippen LogP) is 1.15. The van der Waals surface area contributed by atoms with Crippen LogP contribution in [0.2, 0.25) is 0 Å². The summed E-state index contributed by atoms with van der Waals surface area (Å²) in [5, 5.41) is 10.7. The zero-order chi connectivity index (χ0) is 15.6. The van der Waals surface area contributed by atoms with Crippen LogP contribution in [0.1, 0.15) is 15.9 Å². The largest absolute Gasteiger partial charge is 0.465 e. The molecule has 0 aromatic heterocycles. The number of carbonyl (C=O) groups excluding carboxylic acids is 2. The lowest BCUT2D eigenvalue weighted by atomic mass is 10.1. The molecule has 20 heavy (non-hydrogen) atoms. The molecule has 8 heteroatoms. The van der Waals surface area contributed by atoms with E-state index in [0.717, 1.165) is 0 Å². The van der Waals surface area contributed by atoms with E-state index in [-0.39, 0.29) is 5.56 Å². The second kappa shape index (κ2) is 5.49. The van der Waals surface area contributed by atoms with Gasteiger partial charge in [0.1, 0.15) is 0 Å². The van der Waals surface area contributed by atoms with Crippen LogP contribution in [0.3, 0.4) is 0 Å². The summed E-state index contributed by atoms with van der Waals surface area (Å²) in [5.41, 5.74) is -3.81. The average molecular weight is 291 g/mol. The van der Waals surface area contributed by atoms with Gasteiger partial charge in [0.25, 0.3) is 5.91 Å². The molecule has 1 aromatic carbocycles. The van der Waals surface area contributed by atoms with Crippen molar-refractivity contribution in [1.82, 2.24) is 5.32 Å². The van der Waals surface area contributed by atoms with Crippen molar-refractivity contribution in [3.05, 3.63) is 35.4 Å². The predicted molar refractivity (Wildman–Crippen MR) is 61.7 cm³/mol. The number of ether oxygens (including phenoxy) is 1. The van der Waals surface area contributed by atoms with Gasteiger partial charge in [0.05, 0.1) is 7.11 Å². The molecule has 0 saturated heterocycles. The van der Waals surface area contributed by atoms with Gasteiger partial charge < -0.3 is 15.2 Å². The van der Waals surface area contributed by atoms with Crippen molar-refractivity contribution >= 4 is 11.9 Å². The highest BCUT2D eigenvalue weighted by molar-refractivity contribution is 5.98. The summed E-state index contributed by atoms with van der Waals surface area (Å²) in [6.07, 6.45) is -5.42. The fraction of sp³-hybridized carbons (Fsp3) is 0.333. The maximum Gasteiger partial charge on any atom is 0.448 e. The van der Waals surface area contributed by atoms with Gasteiger partial charge in [-0.3, -0.25) is 4.79 Å². The van der Waals surface area contributed by atoms with Gasteiger partial charge in [-0.1, -0.05) is 18.2 Å². The Bertz CT molecular complexity index is 530. The van der Waals surface area contributed by atoms with Crippen LogP contribution in [-0.2, 0) is 9.53 Å². The van der Waals surface area contributed by atoms with Crippen molar-refractivity contribution in [3.63, 3.8) is 0 Å². The molecule has 0 saturated carbocycles. The highest BCUT2D eigenvalue weighted by Crippen LogP contribution is 2.29. The molecule has 110 valence electrons. The highest BCUT2D eigenvalue weighted by atomic mass is 19.4. The maximum absolute atomic E-state index is 12.8. The van der Waals surface area contributed by atoms with Gasteiger partial charge in [0, 0.05) is 5.56 Å². The Morgan fingerprint density at radius 1 is 1.25 bits per heavy atom.